The first kappa shape index (κ1) is 8.31. The van der Waals surface area contributed by atoms with E-state index < -0.39 is 4.92 Å². The van der Waals surface area contributed by atoms with Gasteiger partial charge < -0.3 is 14.9 Å². The molecule has 0 unspecified atom stereocenters. The predicted molar refractivity (Wildman–Crippen MR) is 44.0 cm³/mol. The fraction of sp³-hybridized carbons (Fsp3) is 0.500. The zero-order valence-corrected chi connectivity index (χ0v) is 7.27. The minimum atomic E-state index is -0.490. The van der Waals surface area contributed by atoms with Gasteiger partial charge in [0.25, 0.3) is 0 Å². The summed E-state index contributed by atoms with van der Waals surface area (Å²) in [4.78, 5) is 13.7. The largest absolute Gasteiger partial charge is 0.439 e. The van der Waals surface area contributed by atoms with Crippen LogP contribution in [0.3, 0.4) is 0 Å². The van der Waals surface area contributed by atoms with E-state index in [1.807, 2.05) is 0 Å². The lowest BCUT2D eigenvalue weighted by molar-refractivity contribution is -0.392. The maximum absolute atomic E-state index is 10.5. The second kappa shape index (κ2) is 2.88. The highest BCUT2D eigenvalue weighted by molar-refractivity contribution is 6.18. The van der Waals surface area contributed by atoms with Gasteiger partial charge in [0.15, 0.2) is 6.10 Å². The number of nitro groups is 1. The van der Waals surface area contributed by atoms with Crippen molar-refractivity contribution in [3.05, 3.63) is 16.3 Å². The lowest BCUT2D eigenvalue weighted by Gasteiger charge is -1.99. The topological polar surface area (TPSA) is 70.2 Å². The molecule has 0 N–H and O–H groups in total. The second-order valence-corrected chi connectivity index (χ2v) is 2.97. The second-order valence-electron chi connectivity index (χ2n) is 2.66. The van der Waals surface area contributed by atoms with Crippen LogP contribution in [0.15, 0.2) is 6.20 Å². The highest BCUT2D eigenvalue weighted by atomic mass is 35.5. The van der Waals surface area contributed by atoms with Gasteiger partial charge in [0.1, 0.15) is 12.7 Å². The third-order valence-electron chi connectivity index (χ3n) is 1.82. The maximum atomic E-state index is 10.5. The first-order valence-electron chi connectivity index (χ1n) is 3.65. The van der Waals surface area contributed by atoms with Crippen molar-refractivity contribution in [2.24, 2.45) is 0 Å². The lowest BCUT2D eigenvalue weighted by Crippen LogP contribution is -2.16. The molecule has 13 heavy (non-hydrogen) atoms. The van der Waals surface area contributed by atoms with E-state index in [0.29, 0.717) is 12.4 Å². The molecule has 0 saturated carbocycles. The molecule has 1 aromatic rings. The highest BCUT2D eigenvalue weighted by Gasteiger charge is 2.32. The van der Waals surface area contributed by atoms with Crippen LogP contribution in [0.2, 0.25) is 0 Å². The molecule has 0 saturated heterocycles. The third kappa shape index (κ3) is 1.23. The fourth-order valence-corrected chi connectivity index (χ4v) is 1.39. The lowest BCUT2D eigenvalue weighted by atomic mass is 10.4. The molecule has 0 bridgehead atoms. The fourth-order valence-electron chi connectivity index (χ4n) is 1.23. The number of hydrogen-bond acceptors (Lipinski definition) is 4. The first-order chi connectivity index (χ1) is 6.22. The Bertz CT molecular complexity index is 351. The van der Waals surface area contributed by atoms with Crippen LogP contribution in [-0.4, -0.2) is 26.5 Å². The molecule has 0 amide bonds. The van der Waals surface area contributed by atoms with Crippen molar-refractivity contribution in [1.82, 2.24) is 9.55 Å². The van der Waals surface area contributed by atoms with Gasteiger partial charge in [-0.05, 0) is 4.92 Å². The van der Waals surface area contributed by atoms with Crippen molar-refractivity contribution in [3.63, 3.8) is 0 Å². The SMILES string of the molecule is O=[N+]([O-])c1cnc2n1C[C@H](CCl)O2. The number of halogens is 1. The van der Waals surface area contributed by atoms with Crippen molar-refractivity contribution in [2.45, 2.75) is 12.6 Å². The Morgan fingerprint density at radius 3 is 3.31 bits per heavy atom. The zero-order chi connectivity index (χ0) is 9.42. The summed E-state index contributed by atoms with van der Waals surface area (Å²) in [6.45, 7) is 0.398. The van der Waals surface area contributed by atoms with Crippen LogP contribution in [0.4, 0.5) is 5.82 Å². The number of fused-ring (bicyclic) bond motifs is 1. The molecule has 6 nitrogen and oxygen atoms in total. The van der Waals surface area contributed by atoms with Crippen LogP contribution in [-0.2, 0) is 6.54 Å². The predicted octanol–water partition coefficient (Wildman–Crippen LogP) is 0.791. The van der Waals surface area contributed by atoms with Crippen molar-refractivity contribution in [1.29, 1.82) is 0 Å². The minimum Gasteiger partial charge on any atom is -0.439 e. The van der Waals surface area contributed by atoms with Gasteiger partial charge in [-0.25, -0.2) is 0 Å². The molecular weight excluding hydrogens is 198 g/mol. The normalized spacial score (nSPS) is 19.6. The molecule has 7 heteroatoms. The summed E-state index contributed by atoms with van der Waals surface area (Å²) in [6, 6.07) is 0.275. The summed E-state index contributed by atoms with van der Waals surface area (Å²) in [6.07, 6.45) is 0.976. The quantitative estimate of drug-likeness (QED) is 0.405. The van der Waals surface area contributed by atoms with Crippen LogP contribution in [0.25, 0.3) is 0 Å². The van der Waals surface area contributed by atoms with E-state index >= 15 is 0 Å². The third-order valence-corrected chi connectivity index (χ3v) is 2.16. The van der Waals surface area contributed by atoms with Gasteiger partial charge in [-0.1, -0.05) is 0 Å². The molecule has 1 aliphatic rings. The zero-order valence-electron chi connectivity index (χ0n) is 6.51. The Kier molecular flexibility index (Phi) is 1.84. The Morgan fingerprint density at radius 2 is 2.69 bits per heavy atom. The first-order valence-corrected chi connectivity index (χ1v) is 4.18. The summed E-state index contributed by atoms with van der Waals surface area (Å²) in [5.74, 6) is 0.253. The smallest absolute Gasteiger partial charge is 0.391 e. The van der Waals surface area contributed by atoms with Crippen LogP contribution in [0, 0.1) is 10.1 Å². The van der Waals surface area contributed by atoms with Gasteiger partial charge in [0, 0.05) is 0 Å². The standard InChI is InChI=1S/C6H6ClN3O3/c7-1-4-3-9-5(10(11)12)2-8-6(9)13-4/h2,4H,1,3H2/t4-/m0/s1. The summed E-state index contributed by atoms with van der Waals surface area (Å²) in [7, 11) is 0. The van der Waals surface area contributed by atoms with Gasteiger partial charge in [-0.3, -0.25) is 0 Å². The summed E-state index contributed by atoms with van der Waals surface area (Å²) < 4.78 is 6.61. The molecule has 0 aromatic carbocycles. The summed E-state index contributed by atoms with van der Waals surface area (Å²) in [5.41, 5.74) is 0. The van der Waals surface area contributed by atoms with E-state index in [1.54, 1.807) is 0 Å². The minimum absolute atomic E-state index is 0.0531. The van der Waals surface area contributed by atoms with Crippen molar-refractivity contribution >= 4 is 17.4 Å². The van der Waals surface area contributed by atoms with Crippen molar-refractivity contribution < 1.29 is 9.66 Å². The molecule has 0 aliphatic carbocycles. The molecule has 2 heterocycles. The van der Waals surface area contributed by atoms with Gasteiger partial charge >= 0.3 is 11.8 Å². The van der Waals surface area contributed by atoms with E-state index in [9.17, 15) is 10.1 Å². The number of ether oxygens (including phenoxy) is 1. The molecule has 0 spiro atoms. The van der Waals surface area contributed by atoms with E-state index in [2.05, 4.69) is 4.98 Å². The van der Waals surface area contributed by atoms with Crippen LogP contribution < -0.4 is 4.74 Å². The number of rotatable bonds is 2. The summed E-state index contributed by atoms with van der Waals surface area (Å²) in [5, 5.41) is 10.5. The number of alkyl halides is 1. The molecular formula is C6H6ClN3O3. The monoisotopic (exact) mass is 203 g/mol. The molecule has 0 fully saturated rings. The van der Waals surface area contributed by atoms with Crippen LogP contribution >= 0.6 is 11.6 Å². The van der Waals surface area contributed by atoms with E-state index in [1.165, 1.54) is 10.8 Å². The Hall–Kier alpha value is -1.30. The van der Waals surface area contributed by atoms with Gasteiger partial charge in [0.05, 0.1) is 5.88 Å². The molecule has 0 radical (unpaired) electrons. The van der Waals surface area contributed by atoms with Gasteiger partial charge in [-0.15, -0.1) is 11.6 Å². The number of hydrogen-bond donors (Lipinski definition) is 0. The number of aromatic nitrogens is 2. The Labute approximate surface area is 78.2 Å². The van der Waals surface area contributed by atoms with Crippen LogP contribution in [0.1, 0.15) is 0 Å². The van der Waals surface area contributed by atoms with E-state index in [0.717, 1.165) is 0 Å². The molecule has 2 rings (SSSR count). The van der Waals surface area contributed by atoms with Gasteiger partial charge in [-0.2, -0.15) is 9.55 Å². The molecule has 1 atom stereocenters. The van der Waals surface area contributed by atoms with Crippen molar-refractivity contribution in [3.8, 4) is 6.01 Å². The Balaban J connectivity index is 2.32. The maximum Gasteiger partial charge on any atom is 0.391 e. The average molecular weight is 204 g/mol. The molecule has 1 aliphatic heterocycles. The van der Waals surface area contributed by atoms with Crippen molar-refractivity contribution in [2.75, 3.05) is 5.88 Å². The van der Waals surface area contributed by atoms with Crippen LogP contribution in [0.5, 0.6) is 6.01 Å². The van der Waals surface area contributed by atoms with Gasteiger partial charge in [0.2, 0.25) is 0 Å². The molecule has 70 valence electrons. The number of imidazole rings is 1. The summed E-state index contributed by atoms with van der Waals surface area (Å²) >= 11 is 5.55. The number of nitrogens with zero attached hydrogens (tertiary/aromatic N) is 3. The average Bonchev–Trinajstić information content (AvgIpc) is 2.59. The van der Waals surface area contributed by atoms with E-state index in [-0.39, 0.29) is 17.9 Å². The van der Waals surface area contributed by atoms with E-state index in [4.69, 9.17) is 16.3 Å². The Morgan fingerprint density at radius 1 is 1.92 bits per heavy atom. The highest BCUT2D eigenvalue weighted by Crippen LogP contribution is 2.27. The molecule has 1 aromatic heterocycles.